The van der Waals surface area contributed by atoms with Gasteiger partial charge in [0, 0.05) is 0 Å². The summed E-state index contributed by atoms with van der Waals surface area (Å²) in [7, 11) is -14.0. The van der Waals surface area contributed by atoms with E-state index in [-0.39, 0.29) is 56.9 Å². The molecule has 9 N–H and O–H groups in total. The molecule has 0 rings (SSSR count). The number of hydrogen-bond acceptors (Lipinski definition) is 5. The van der Waals surface area contributed by atoms with Crippen LogP contribution in [-0.2, 0) is 25.4 Å². The molecule has 0 heterocycles. The topological polar surface area (TPSA) is 258 Å². The summed E-state index contributed by atoms with van der Waals surface area (Å²) in [5.74, 6) is 0. The molecule has 17 heteroatoms. The van der Waals surface area contributed by atoms with E-state index < -0.39 is 28.6 Å². The maximum absolute atomic E-state index is 8.88. The molecule has 0 aromatic carbocycles. The van der Waals surface area contributed by atoms with Crippen LogP contribution in [0.2, 0.25) is 0 Å². The van der Waals surface area contributed by atoms with Crippen molar-refractivity contribution in [1.82, 2.24) is 0 Å². The molecule has 0 radical (unpaired) electrons. The van der Waals surface area contributed by atoms with Crippen LogP contribution in [0.5, 0.6) is 0 Å². The third-order valence-electron chi connectivity index (χ3n) is 0. The van der Waals surface area contributed by atoms with Crippen LogP contribution in [0.15, 0.2) is 0 Å². The molecular formula is H10KO13PS2. The van der Waals surface area contributed by atoms with Crippen molar-refractivity contribution in [2.75, 3.05) is 0 Å². The second-order valence-electron chi connectivity index (χ2n) is 1.41. The Hall–Kier alpha value is 1.45. The van der Waals surface area contributed by atoms with Gasteiger partial charge in [-0.1, -0.05) is 0 Å². The summed E-state index contributed by atoms with van der Waals surface area (Å²) in [6.07, 6.45) is 0. The van der Waals surface area contributed by atoms with Crippen LogP contribution < -0.4 is 0 Å². The van der Waals surface area contributed by atoms with Crippen LogP contribution in [0.1, 0.15) is 0 Å². The Bertz CT molecular complexity index is 327. The quantitative estimate of drug-likeness (QED) is 0.126. The van der Waals surface area contributed by atoms with Gasteiger partial charge in [0.2, 0.25) is 0 Å². The predicted molar refractivity (Wildman–Crippen MR) is 53.4 cm³/mol. The summed E-state index contributed by atoms with van der Waals surface area (Å²) in [5.41, 5.74) is 0. The van der Waals surface area contributed by atoms with Crippen molar-refractivity contribution in [2.24, 2.45) is 0 Å². The van der Waals surface area contributed by atoms with Crippen LogP contribution in [-0.4, -0.2) is 107 Å². The van der Waals surface area contributed by atoms with Gasteiger partial charge in [0.05, 0.1) is 0 Å². The van der Waals surface area contributed by atoms with Gasteiger partial charge < -0.3 is 20.2 Å². The van der Waals surface area contributed by atoms with E-state index in [2.05, 4.69) is 0 Å². The molecule has 0 aliphatic carbocycles. The zero-order valence-corrected chi connectivity index (χ0v) is 9.46. The van der Waals surface area contributed by atoms with Crippen molar-refractivity contribution in [2.45, 2.75) is 0 Å². The zero-order chi connectivity index (χ0) is 13.5. The molecule has 0 amide bonds. The van der Waals surface area contributed by atoms with Crippen LogP contribution in [0.4, 0.5) is 0 Å². The Kier molecular flexibility index (Phi) is 22.8. The van der Waals surface area contributed by atoms with E-state index in [4.69, 9.17) is 54.3 Å². The first-order valence-electron chi connectivity index (χ1n) is 2.18. The Balaban J connectivity index is -0.0000000400. The molecule has 0 saturated carbocycles. The van der Waals surface area contributed by atoms with E-state index in [1.54, 1.807) is 0 Å². The average Bonchev–Trinajstić information content (AvgIpc) is 1.41. The van der Waals surface area contributed by atoms with Gasteiger partial charge in [0.15, 0.2) is 0 Å². The first-order valence-corrected chi connectivity index (χ1v) is 6.54. The predicted octanol–water partition coefficient (Wildman–Crippen LogP) is -3.71. The molecule has 0 bridgehead atoms. The Morgan fingerprint density at radius 1 is 0.706 bits per heavy atom. The molecule has 0 aliphatic heterocycles. The molecule has 0 saturated heterocycles. The molecule has 0 atom stereocenters. The molecule has 17 heavy (non-hydrogen) atoms. The first kappa shape index (κ1) is 31.1. The molecule has 0 aliphatic rings. The number of phosphoric acid groups is 1. The van der Waals surface area contributed by atoms with Crippen molar-refractivity contribution in [3.8, 4) is 0 Å². The summed E-state index contributed by atoms with van der Waals surface area (Å²) >= 11 is 0. The van der Waals surface area contributed by atoms with Crippen LogP contribution in [0.3, 0.4) is 0 Å². The van der Waals surface area contributed by atoms with E-state index in [9.17, 15) is 0 Å². The second kappa shape index (κ2) is 12.5. The summed E-state index contributed by atoms with van der Waals surface area (Å²) in [6, 6.07) is 0. The summed E-state index contributed by atoms with van der Waals surface area (Å²) < 4.78 is 72.0. The Morgan fingerprint density at radius 2 is 0.706 bits per heavy atom. The second-order valence-corrected chi connectivity index (χ2v) is 4.23. The SMILES string of the molecule is O.O=P(O)(O)O.O=S(=O)(O)O.O=S(=O)(O)O.[KH]. The monoisotopic (exact) mass is 352 g/mol. The molecule has 0 fully saturated rings. The zero-order valence-electron chi connectivity index (χ0n) is 6.94. The molecule has 0 unspecified atom stereocenters. The van der Waals surface area contributed by atoms with Crippen molar-refractivity contribution in [3.63, 3.8) is 0 Å². The molecule has 106 valence electrons. The van der Waals surface area contributed by atoms with E-state index in [0.717, 1.165) is 0 Å². The van der Waals surface area contributed by atoms with Gasteiger partial charge in [-0.05, 0) is 0 Å². The molecule has 0 aromatic heterocycles. The third-order valence-corrected chi connectivity index (χ3v) is 0. The van der Waals surface area contributed by atoms with Gasteiger partial charge >= 0.3 is 80.0 Å². The summed E-state index contributed by atoms with van der Waals surface area (Å²) in [5, 5.41) is 0. The van der Waals surface area contributed by atoms with Crippen LogP contribution >= 0.6 is 7.82 Å². The van der Waals surface area contributed by atoms with Gasteiger partial charge in [0.1, 0.15) is 0 Å². The van der Waals surface area contributed by atoms with E-state index in [1.165, 1.54) is 0 Å². The van der Waals surface area contributed by atoms with Gasteiger partial charge in [-0.15, -0.1) is 0 Å². The fourth-order valence-electron chi connectivity index (χ4n) is 0. The number of rotatable bonds is 0. The summed E-state index contributed by atoms with van der Waals surface area (Å²) in [6.45, 7) is 0. The van der Waals surface area contributed by atoms with Gasteiger partial charge in [0.25, 0.3) is 0 Å². The van der Waals surface area contributed by atoms with Crippen molar-refractivity contribution in [3.05, 3.63) is 0 Å². The fraction of sp³-hybridized carbons (Fsp3) is 0. The van der Waals surface area contributed by atoms with E-state index in [1.807, 2.05) is 0 Å². The molecular weight excluding hydrogens is 342 g/mol. The van der Waals surface area contributed by atoms with Gasteiger partial charge in [-0.2, -0.15) is 16.8 Å². The maximum atomic E-state index is 8.88. The average molecular weight is 352 g/mol. The third kappa shape index (κ3) is 1990. The van der Waals surface area contributed by atoms with Gasteiger partial charge in [-0.3, -0.25) is 18.2 Å². The van der Waals surface area contributed by atoms with Crippen molar-refractivity contribution < 1.29 is 59.8 Å². The standard InChI is InChI=1S/K.H3O4P.2H2O4S.H2O.H/c;3*1-5(2,3)4;;/h;(H3,1,2,3,4);2*(H2,1,2,3,4);1H2;. The first-order chi connectivity index (χ1) is 6.00. The van der Waals surface area contributed by atoms with E-state index >= 15 is 0 Å². The number of hydrogen-bond donors (Lipinski definition) is 7. The molecule has 0 aromatic rings. The van der Waals surface area contributed by atoms with E-state index in [0.29, 0.717) is 0 Å². The van der Waals surface area contributed by atoms with Crippen LogP contribution in [0.25, 0.3) is 0 Å². The normalized spacial score (nSPS) is 10.3. The molecule has 13 nitrogen and oxygen atoms in total. The Morgan fingerprint density at radius 3 is 0.706 bits per heavy atom. The van der Waals surface area contributed by atoms with Crippen molar-refractivity contribution >= 4 is 80.0 Å². The minimum absolute atomic E-state index is 0. The Labute approximate surface area is 138 Å². The van der Waals surface area contributed by atoms with Crippen LogP contribution in [0, 0.1) is 0 Å². The summed E-state index contributed by atoms with van der Waals surface area (Å²) in [4.78, 5) is 21.6. The van der Waals surface area contributed by atoms with Gasteiger partial charge in [-0.25, -0.2) is 4.57 Å². The molecule has 0 spiro atoms. The fourth-order valence-corrected chi connectivity index (χ4v) is 0. The minimum atomic E-state index is -4.67. The van der Waals surface area contributed by atoms with Crippen molar-refractivity contribution in [1.29, 1.82) is 0 Å².